The van der Waals surface area contributed by atoms with E-state index in [0.29, 0.717) is 0 Å². The Hall–Kier alpha value is -2.12. The molecule has 140 valence electrons. The Morgan fingerprint density at radius 1 is 1.08 bits per heavy atom. The van der Waals surface area contributed by atoms with Crippen LogP contribution in [0, 0.1) is 29.2 Å². The van der Waals surface area contributed by atoms with Crippen molar-refractivity contribution in [3.63, 3.8) is 0 Å². The average Bonchev–Trinajstić information content (AvgIpc) is 2.48. The first-order valence-corrected chi connectivity index (χ1v) is 7.66. The van der Waals surface area contributed by atoms with E-state index in [4.69, 9.17) is 4.74 Å². The molecule has 0 N–H and O–H groups in total. The van der Waals surface area contributed by atoms with Crippen LogP contribution in [0.1, 0.15) is 40.5 Å². The first-order valence-electron chi connectivity index (χ1n) is 7.66. The molecule has 1 unspecified atom stereocenters. The number of benzene rings is 1. The molecule has 0 saturated heterocycles. The van der Waals surface area contributed by atoms with E-state index in [0.717, 1.165) is 0 Å². The van der Waals surface area contributed by atoms with Gasteiger partial charge < -0.3 is 9.47 Å². The molecule has 1 rings (SSSR count). The van der Waals surface area contributed by atoms with Gasteiger partial charge in [-0.15, -0.1) is 0 Å². The molecular formula is C17H20F4O4. The molecule has 0 radical (unpaired) electrons. The quantitative estimate of drug-likeness (QED) is 0.418. The van der Waals surface area contributed by atoms with E-state index in [2.05, 4.69) is 4.74 Å². The molecule has 8 heteroatoms. The van der Waals surface area contributed by atoms with Crippen LogP contribution in [0.2, 0.25) is 0 Å². The number of rotatable bonds is 7. The summed E-state index contributed by atoms with van der Waals surface area (Å²) in [6.07, 6.45) is 0.0162. The highest BCUT2D eigenvalue weighted by Crippen LogP contribution is 2.27. The van der Waals surface area contributed by atoms with Crippen LogP contribution < -0.4 is 4.74 Å². The van der Waals surface area contributed by atoms with Gasteiger partial charge in [-0.05, 0) is 27.2 Å². The second kappa shape index (κ2) is 8.31. The Kier molecular flexibility index (Phi) is 6.96. The van der Waals surface area contributed by atoms with Gasteiger partial charge in [0.15, 0.2) is 23.2 Å². The summed E-state index contributed by atoms with van der Waals surface area (Å²) in [5, 5.41) is 0. The molecule has 0 heterocycles. The van der Waals surface area contributed by atoms with E-state index < -0.39 is 58.9 Å². The van der Waals surface area contributed by atoms with E-state index >= 15 is 0 Å². The Labute approximate surface area is 143 Å². The summed E-state index contributed by atoms with van der Waals surface area (Å²) in [6.45, 7) is 5.80. The van der Waals surface area contributed by atoms with Crippen LogP contribution >= 0.6 is 0 Å². The summed E-state index contributed by atoms with van der Waals surface area (Å²) in [5.41, 5.74) is -0.722. The Morgan fingerprint density at radius 3 is 2.04 bits per heavy atom. The molecule has 0 aromatic heterocycles. The summed E-state index contributed by atoms with van der Waals surface area (Å²) in [7, 11) is 0. The second-order valence-electron chi connectivity index (χ2n) is 6.45. The van der Waals surface area contributed by atoms with Crippen LogP contribution in [0.3, 0.4) is 0 Å². The van der Waals surface area contributed by atoms with Crippen molar-refractivity contribution >= 4 is 11.8 Å². The lowest BCUT2D eigenvalue weighted by Crippen LogP contribution is -2.29. The zero-order valence-corrected chi connectivity index (χ0v) is 14.4. The molecule has 0 spiro atoms. The number of esters is 1. The van der Waals surface area contributed by atoms with Gasteiger partial charge in [-0.3, -0.25) is 9.59 Å². The van der Waals surface area contributed by atoms with Crippen LogP contribution in [0.15, 0.2) is 6.07 Å². The minimum atomic E-state index is -1.73. The largest absolute Gasteiger partial charge is 0.480 e. The van der Waals surface area contributed by atoms with Gasteiger partial charge in [0.25, 0.3) is 0 Å². The minimum Gasteiger partial charge on any atom is -0.480 e. The summed E-state index contributed by atoms with van der Waals surface area (Å²) in [5.74, 6) is -10.1. The lowest BCUT2D eigenvalue weighted by Gasteiger charge is -2.21. The standard InChI is InChI=1S/C17H20F4O4/c1-5-9(6-13(23)25-17(2,3)4)12(22)8-24-16-14(20)10(18)7-11(19)15(16)21/h7,9H,5-6,8H2,1-4H3. The van der Waals surface area contributed by atoms with Crippen molar-refractivity contribution < 1.29 is 36.6 Å². The fourth-order valence-corrected chi connectivity index (χ4v) is 2.01. The molecule has 0 saturated carbocycles. The van der Waals surface area contributed by atoms with E-state index in [-0.39, 0.29) is 18.9 Å². The summed E-state index contributed by atoms with van der Waals surface area (Å²) in [6, 6.07) is 0.0384. The van der Waals surface area contributed by atoms with Crippen molar-refractivity contribution in [1.82, 2.24) is 0 Å². The Bertz CT molecular complexity index is 627. The number of halogens is 4. The smallest absolute Gasteiger partial charge is 0.307 e. The normalized spacial score (nSPS) is 12.6. The van der Waals surface area contributed by atoms with Crippen LogP contribution in [0.4, 0.5) is 17.6 Å². The third-order valence-corrected chi connectivity index (χ3v) is 3.21. The molecular weight excluding hydrogens is 344 g/mol. The molecule has 1 aromatic carbocycles. The van der Waals surface area contributed by atoms with E-state index in [1.165, 1.54) is 0 Å². The van der Waals surface area contributed by atoms with Gasteiger partial charge in [0.05, 0.1) is 6.42 Å². The number of hydrogen-bond acceptors (Lipinski definition) is 4. The zero-order valence-electron chi connectivity index (χ0n) is 14.4. The predicted octanol–water partition coefficient (Wildman–Crippen LogP) is 3.95. The Morgan fingerprint density at radius 2 is 1.60 bits per heavy atom. The van der Waals surface area contributed by atoms with Gasteiger partial charge >= 0.3 is 5.97 Å². The lowest BCUT2D eigenvalue weighted by atomic mass is 9.97. The number of ether oxygens (including phenoxy) is 2. The highest BCUT2D eigenvalue weighted by atomic mass is 19.2. The molecule has 0 fully saturated rings. The maximum Gasteiger partial charge on any atom is 0.307 e. The fraction of sp³-hybridized carbons (Fsp3) is 0.529. The lowest BCUT2D eigenvalue weighted by molar-refractivity contribution is -0.157. The predicted molar refractivity (Wildman–Crippen MR) is 81.0 cm³/mol. The highest BCUT2D eigenvalue weighted by Gasteiger charge is 2.26. The van der Waals surface area contributed by atoms with Crippen LogP contribution in [0.5, 0.6) is 5.75 Å². The molecule has 4 nitrogen and oxygen atoms in total. The molecule has 1 aromatic rings. The molecule has 0 aliphatic rings. The average molecular weight is 364 g/mol. The molecule has 1 atom stereocenters. The molecule has 0 bridgehead atoms. The monoisotopic (exact) mass is 364 g/mol. The van der Waals surface area contributed by atoms with Crippen molar-refractivity contribution in [3.05, 3.63) is 29.3 Å². The van der Waals surface area contributed by atoms with Gasteiger partial charge in [0.2, 0.25) is 11.6 Å². The van der Waals surface area contributed by atoms with Crippen molar-refractivity contribution in [1.29, 1.82) is 0 Å². The highest BCUT2D eigenvalue weighted by molar-refractivity contribution is 5.86. The van der Waals surface area contributed by atoms with Gasteiger partial charge in [-0.2, -0.15) is 8.78 Å². The third-order valence-electron chi connectivity index (χ3n) is 3.21. The van der Waals surface area contributed by atoms with Crippen LogP contribution in [-0.2, 0) is 14.3 Å². The van der Waals surface area contributed by atoms with Crippen molar-refractivity contribution in [3.8, 4) is 5.75 Å². The molecule has 0 aliphatic heterocycles. The van der Waals surface area contributed by atoms with Gasteiger partial charge in [-0.1, -0.05) is 6.92 Å². The SMILES string of the molecule is CCC(CC(=O)OC(C)(C)C)C(=O)COc1c(F)c(F)cc(F)c1F. The van der Waals surface area contributed by atoms with Crippen molar-refractivity contribution in [2.24, 2.45) is 5.92 Å². The van der Waals surface area contributed by atoms with Gasteiger partial charge in [0.1, 0.15) is 12.2 Å². The maximum absolute atomic E-state index is 13.5. The van der Waals surface area contributed by atoms with Crippen molar-refractivity contribution in [2.45, 2.75) is 46.1 Å². The molecule has 25 heavy (non-hydrogen) atoms. The van der Waals surface area contributed by atoms with E-state index in [9.17, 15) is 27.2 Å². The van der Waals surface area contributed by atoms with Crippen molar-refractivity contribution in [2.75, 3.05) is 6.61 Å². The fourth-order valence-electron chi connectivity index (χ4n) is 2.01. The number of ketones is 1. The summed E-state index contributed by atoms with van der Waals surface area (Å²) >= 11 is 0. The summed E-state index contributed by atoms with van der Waals surface area (Å²) in [4.78, 5) is 23.8. The number of carbonyl (C=O) groups is 2. The van der Waals surface area contributed by atoms with Gasteiger partial charge in [-0.25, -0.2) is 8.78 Å². The number of Topliss-reactive ketones (excluding diaryl/α,β-unsaturated/α-hetero) is 1. The number of carbonyl (C=O) groups excluding carboxylic acids is 2. The van der Waals surface area contributed by atoms with Crippen LogP contribution in [0.25, 0.3) is 0 Å². The molecule has 0 aliphatic carbocycles. The molecule has 0 amide bonds. The minimum absolute atomic E-state index is 0.0384. The van der Waals surface area contributed by atoms with Gasteiger partial charge in [0, 0.05) is 12.0 Å². The number of hydrogen-bond donors (Lipinski definition) is 0. The van der Waals surface area contributed by atoms with Crippen LogP contribution in [-0.4, -0.2) is 24.0 Å². The second-order valence-corrected chi connectivity index (χ2v) is 6.45. The first-order chi connectivity index (χ1) is 11.5. The van der Waals surface area contributed by atoms with E-state index in [1.54, 1.807) is 27.7 Å². The zero-order chi connectivity index (χ0) is 19.4. The Balaban J connectivity index is 2.77. The third kappa shape index (κ3) is 6.03. The maximum atomic E-state index is 13.5. The first kappa shape index (κ1) is 20.9. The van der Waals surface area contributed by atoms with E-state index in [1.807, 2.05) is 0 Å². The summed E-state index contributed by atoms with van der Waals surface area (Å²) < 4.78 is 62.9. The topological polar surface area (TPSA) is 52.6 Å².